The molecule has 0 spiro atoms. The van der Waals surface area contributed by atoms with Gasteiger partial charge in [-0.15, -0.1) is 0 Å². The van der Waals surface area contributed by atoms with Crippen molar-refractivity contribution in [2.45, 2.75) is 39.0 Å². The van der Waals surface area contributed by atoms with Gasteiger partial charge in [-0.1, -0.05) is 48.8 Å². The van der Waals surface area contributed by atoms with Gasteiger partial charge in [0.2, 0.25) is 0 Å². The smallest absolute Gasteiger partial charge is 0.254 e. The highest BCUT2D eigenvalue weighted by Gasteiger charge is 2.25. The van der Waals surface area contributed by atoms with Gasteiger partial charge >= 0.3 is 0 Å². The van der Waals surface area contributed by atoms with E-state index in [1.165, 1.54) is 11.1 Å². The van der Waals surface area contributed by atoms with Gasteiger partial charge in [0.1, 0.15) is 0 Å². The summed E-state index contributed by atoms with van der Waals surface area (Å²) in [5.74, 6) is 0.202. The van der Waals surface area contributed by atoms with E-state index >= 15 is 0 Å². The maximum atomic E-state index is 12.5. The minimum Gasteiger partial charge on any atom is -0.338 e. The molecule has 0 N–H and O–H groups in total. The van der Waals surface area contributed by atoms with Gasteiger partial charge in [-0.3, -0.25) is 4.79 Å². The number of hydrogen-bond donors (Lipinski definition) is 0. The highest BCUT2D eigenvalue weighted by Crippen LogP contribution is 2.27. The summed E-state index contributed by atoms with van der Waals surface area (Å²) in [6, 6.07) is 6.40. The molecule has 2 rings (SSSR count). The van der Waals surface area contributed by atoms with Gasteiger partial charge in [0.05, 0.1) is 0 Å². The van der Waals surface area contributed by atoms with Crippen molar-refractivity contribution in [3.8, 4) is 0 Å². The molecule has 1 aliphatic heterocycles. The number of amides is 1. The fourth-order valence-corrected chi connectivity index (χ4v) is 2.70. The second kappa shape index (κ2) is 5.66. The normalized spacial score (nSPS) is 15.6. The molecule has 0 atom stereocenters. The molecular weight excluding hydrogens is 302 g/mol. The van der Waals surface area contributed by atoms with E-state index in [0.29, 0.717) is 0 Å². The molecule has 1 aromatic rings. The lowest BCUT2D eigenvalue weighted by molar-refractivity contribution is 0.0740. The Balaban J connectivity index is 2.28. The lowest BCUT2D eigenvalue weighted by atomic mass is 9.84. The summed E-state index contributed by atoms with van der Waals surface area (Å²) in [4.78, 5) is 14.5. The van der Waals surface area contributed by atoms with E-state index in [0.717, 1.165) is 36.8 Å². The Morgan fingerprint density at radius 2 is 2.05 bits per heavy atom. The number of alkyl halides is 1. The van der Waals surface area contributed by atoms with E-state index in [2.05, 4.69) is 54.9 Å². The second-order valence-electron chi connectivity index (χ2n) is 6.21. The van der Waals surface area contributed by atoms with Crippen LogP contribution in [0.3, 0.4) is 0 Å². The average molecular weight is 324 g/mol. The summed E-state index contributed by atoms with van der Waals surface area (Å²) < 4.78 is 0. The lowest BCUT2D eigenvalue weighted by Crippen LogP contribution is -2.38. The molecule has 0 unspecified atom stereocenters. The van der Waals surface area contributed by atoms with Gasteiger partial charge in [0.25, 0.3) is 5.91 Å². The second-order valence-corrected chi connectivity index (χ2v) is 7.00. The third-order valence-corrected chi connectivity index (χ3v) is 4.27. The van der Waals surface area contributed by atoms with Gasteiger partial charge in [-0.2, -0.15) is 0 Å². The van der Waals surface area contributed by atoms with Crippen molar-refractivity contribution >= 4 is 21.8 Å². The topological polar surface area (TPSA) is 20.3 Å². The number of fused-ring (bicyclic) bond motifs is 1. The van der Waals surface area contributed by atoms with Crippen molar-refractivity contribution in [2.24, 2.45) is 0 Å². The molecular formula is C16H22BrNO. The van der Waals surface area contributed by atoms with E-state index in [1.54, 1.807) is 0 Å². The Labute approximate surface area is 124 Å². The number of nitrogens with zero attached hydrogens (tertiary/aromatic N) is 1. The van der Waals surface area contributed by atoms with Crippen LogP contribution in [0.25, 0.3) is 0 Å². The molecule has 0 radical (unpaired) electrons. The summed E-state index contributed by atoms with van der Waals surface area (Å²) in [6.07, 6.45) is 1.99. The summed E-state index contributed by atoms with van der Waals surface area (Å²) in [7, 11) is 0. The zero-order valence-electron chi connectivity index (χ0n) is 12.0. The van der Waals surface area contributed by atoms with Gasteiger partial charge < -0.3 is 4.90 Å². The average Bonchev–Trinajstić information content (AvgIpc) is 2.37. The van der Waals surface area contributed by atoms with Crippen molar-refractivity contribution in [2.75, 3.05) is 18.4 Å². The number of hydrogen-bond acceptors (Lipinski definition) is 1. The molecule has 0 aromatic heterocycles. The molecule has 0 aliphatic carbocycles. The first-order valence-corrected chi connectivity index (χ1v) is 8.04. The number of carbonyl (C=O) groups excluding carboxylic acids is 1. The molecule has 1 aliphatic rings. The minimum atomic E-state index is 0.0907. The lowest BCUT2D eigenvalue weighted by Gasteiger charge is -2.30. The van der Waals surface area contributed by atoms with Gasteiger partial charge in [-0.05, 0) is 35.4 Å². The zero-order valence-corrected chi connectivity index (χ0v) is 13.6. The number of rotatable bonds is 3. The summed E-state index contributed by atoms with van der Waals surface area (Å²) >= 11 is 3.43. The van der Waals surface area contributed by atoms with E-state index in [-0.39, 0.29) is 11.3 Å². The van der Waals surface area contributed by atoms with Crippen LogP contribution in [-0.2, 0) is 11.8 Å². The van der Waals surface area contributed by atoms with E-state index in [4.69, 9.17) is 0 Å². The van der Waals surface area contributed by atoms with Crippen LogP contribution >= 0.6 is 15.9 Å². The van der Waals surface area contributed by atoms with Gasteiger partial charge in [0.15, 0.2) is 0 Å². The molecule has 2 nitrogen and oxygen atoms in total. The molecule has 3 heteroatoms. The molecule has 0 fully saturated rings. The molecule has 104 valence electrons. The molecule has 0 bridgehead atoms. The fourth-order valence-electron chi connectivity index (χ4n) is 2.45. The predicted molar refractivity (Wildman–Crippen MR) is 83.2 cm³/mol. The Hall–Kier alpha value is -0.830. The maximum Gasteiger partial charge on any atom is 0.254 e. The minimum absolute atomic E-state index is 0.0907. The van der Waals surface area contributed by atoms with E-state index in [9.17, 15) is 4.79 Å². The monoisotopic (exact) mass is 323 g/mol. The Kier molecular flexibility index (Phi) is 4.34. The van der Waals surface area contributed by atoms with Gasteiger partial charge in [0, 0.05) is 24.0 Å². The summed E-state index contributed by atoms with van der Waals surface area (Å²) in [5.41, 5.74) is 3.44. The molecule has 0 saturated heterocycles. The van der Waals surface area contributed by atoms with Gasteiger partial charge in [-0.25, -0.2) is 0 Å². The van der Waals surface area contributed by atoms with Crippen LogP contribution in [0.2, 0.25) is 0 Å². The number of benzene rings is 1. The molecule has 1 amide bonds. The number of halogens is 1. The SMILES string of the molecule is CC(C)(C)c1ccc2c(c1)C(=O)N(CCCBr)CC2. The first kappa shape index (κ1) is 14.6. The van der Waals surface area contributed by atoms with Crippen LogP contribution in [0.5, 0.6) is 0 Å². The summed E-state index contributed by atoms with van der Waals surface area (Å²) in [6.45, 7) is 8.26. The quantitative estimate of drug-likeness (QED) is 0.775. The molecule has 1 heterocycles. The van der Waals surface area contributed by atoms with E-state index < -0.39 is 0 Å². The Morgan fingerprint density at radius 3 is 2.68 bits per heavy atom. The van der Waals surface area contributed by atoms with Crippen LogP contribution in [0, 0.1) is 0 Å². The fraction of sp³-hybridized carbons (Fsp3) is 0.562. The Bertz CT molecular complexity index is 476. The van der Waals surface area contributed by atoms with Crippen LogP contribution < -0.4 is 0 Å². The first-order valence-electron chi connectivity index (χ1n) is 6.92. The highest BCUT2D eigenvalue weighted by atomic mass is 79.9. The third-order valence-electron chi connectivity index (χ3n) is 3.71. The highest BCUT2D eigenvalue weighted by molar-refractivity contribution is 9.09. The first-order chi connectivity index (χ1) is 8.93. The third kappa shape index (κ3) is 3.19. The standard InChI is InChI=1S/C16H22BrNO/c1-16(2,3)13-6-5-12-7-10-18(9-4-8-17)15(19)14(12)11-13/h5-6,11H,4,7-10H2,1-3H3. The predicted octanol–water partition coefficient (Wildman–Crippen LogP) is 3.77. The van der Waals surface area contributed by atoms with Crippen LogP contribution in [0.4, 0.5) is 0 Å². The van der Waals surface area contributed by atoms with Crippen LogP contribution in [0.1, 0.15) is 48.7 Å². The zero-order chi connectivity index (χ0) is 14.0. The van der Waals surface area contributed by atoms with Crippen molar-refractivity contribution in [3.63, 3.8) is 0 Å². The van der Waals surface area contributed by atoms with E-state index in [1.807, 2.05) is 4.90 Å². The van der Waals surface area contributed by atoms with Crippen molar-refractivity contribution in [1.82, 2.24) is 4.90 Å². The molecule has 1 aromatic carbocycles. The van der Waals surface area contributed by atoms with Crippen LogP contribution in [0.15, 0.2) is 18.2 Å². The maximum absolute atomic E-state index is 12.5. The number of carbonyl (C=O) groups is 1. The van der Waals surface area contributed by atoms with Crippen molar-refractivity contribution < 1.29 is 4.79 Å². The van der Waals surface area contributed by atoms with Crippen molar-refractivity contribution in [1.29, 1.82) is 0 Å². The Morgan fingerprint density at radius 1 is 1.32 bits per heavy atom. The summed E-state index contributed by atoms with van der Waals surface area (Å²) in [5, 5.41) is 0.950. The largest absolute Gasteiger partial charge is 0.338 e. The molecule has 19 heavy (non-hydrogen) atoms. The van der Waals surface area contributed by atoms with Crippen LogP contribution in [-0.4, -0.2) is 29.2 Å². The van der Waals surface area contributed by atoms with Crippen molar-refractivity contribution in [3.05, 3.63) is 34.9 Å². The molecule has 0 saturated carbocycles.